The van der Waals surface area contributed by atoms with Gasteiger partial charge in [0.15, 0.2) is 5.78 Å². The molecule has 0 aromatic rings. The summed E-state index contributed by atoms with van der Waals surface area (Å²) >= 11 is 0. The van der Waals surface area contributed by atoms with Crippen molar-refractivity contribution in [2.24, 2.45) is 5.92 Å². The molecule has 0 aromatic carbocycles. The minimum Gasteiger partial charge on any atom is -0.368 e. The molecule has 1 aliphatic carbocycles. The largest absolute Gasteiger partial charge is 0.368 e. The van der Waals surface area contributed by atoms with Gasteiger partial charge >= 0.3 is 0 Å². The van der Waals surface area contributed by atoms with Crippen LogP contribution in [0, 0.1) is 5.92 Å². The van der Waals surface area contributed by atoms with Gasteiger partial charge in [-0.05, 0) is 25.7 Å². The van der Waals surface area contributed by atoms with Crippen LogP contribution in [0.25, 0.3) is 0 Å². The van der Waals surface area contributed by atoms with E-state index in [0.29, 0.717) is 24.7 Å². The summed E-state index contributed by atoms with van der Waals surface area (Å²) < 4.78 is 5.95. The van der Waals surface area contributed by atoms with Crippen molar-refractivity contribution in [3.05, 3.63) is 0 Å². The van der Waals surface area contributed by atoms with Gasteiger partial charge in [-0.1, -0.05) is 52.4 Å². The number of carbonyl (C=O) groups excluding carboxylic acids is 1. The molecule has 1 fully saturated rings. The van der Waals surface area contributed by atoms with E-state index in [1.807, 2.05) is 6.92 Å². The molecule has 0 bridgehead atoms. The molecule has 0 saturated heterocycles. The van der Waals surface area contributed by atoms with Gasteiger partial charge in [0.1, 0.15) is 5.60 Å². The average Bonchev–Trinajstić information content (AvgIpc) is 2.62. The van der Waals surface area contributed by atoms with Gasteiger partial charge in [-0.15, -0.1) is 0 Å². The third-order valence-corrected chi connectivity index (χ3v) is 4.47. The highest BCUT2D eigenvalue weighted by Crippen LogP contribution is 2.34. The van der Waals surface area contributed by atoms with E-state index in [4.69, 9.17) is 4.74 Å². The molecule has 0 N–H and O–H groups in total. The summed E-state index contributed by atoms with van der Waals surface area (Å²) in [5.41, 5.74) is -0.437. The highest BCUT2D eigenvalue weighted by atomic mass is 16.5. The molecule has 0 heterocycles. The molecule has 1 aliphatic rings. The summed E-state index contributed by atoms with van der Waals surface area (Å²) in [6.07, 6.45) is 9.62. The predicted octanol–water partition coefficient (Wildman–Crippen LogP) is 4.51. The van der Waals surface area contributed by atoms with Crippen LogP contribution in [0.2, 0.25) is 0 Å². The van der Waals surface area contributed by atoms with E-state index in [1.165, 1.54) is 12.8 Å². The zero-order chi connectivity index (χ0) is 13.4. The summed E-state index contributed by atoms with van der Waals surface area (Å²) in [6, 6.07) is 0. The van der Waals surface area contributed by atoms with Crippen molar-refractivity contribution in [2.45, 2.75) is 84.2 Å². The molecule has 0 amide bonds. The molecule has 0 atom stereocenters. The van der Waals surface area contributed by atoms with Crippen LogP contribution in [-0.2, 0) is 9.53 Å². The average molecular weight is 254 g/mol. The lowest BCUT2D eigenvalue weighted by atomic mass is 9.83. The first-order valence-electron chi connectivity index (χ1n) is 7.85. The van der Waals surface area contributed by atoms with Crippen molar-refractivity contribution in [1.82, 2.24) is 0 Å². The molecule has 0 spiro atoms. The van der Waals surface area contributed by atoms with Crippen LogP contribution >= 0.6 is 0 Å². The third kappa shape index (κ3) is 4.08. The Morgan fingerprint density at radius 3 is 2.06 bits per heavy atom. The Kier molecular flexibility index (Phi) is 6.91. The second-order valence-electron chi connectivity index (χ2n) is 5.65. The fraction of sp³-hybridized carbons (Fsp3) is 0.938. The van der Waals surface area contributed by atoms with Crippen LogP contribution < -0.4 is 0 Å². The SMILES string of the molecule is CCOC1(C(=O)CC(CC)CC)CCCCCC1. The van der Waals surface area contributed by atoms with Gasteiger partial charge in [0.05, 0.1) is 0 Å². The maximum absolute atomic E-state index is 12.7. The van der Waals surface area contributed by atoms with Crippen molar-refractivity contribution in [3.63, 3.8) is 0 Å². The summed E-state index contributed by atoms with van der Waals surface area (Å²) in [5, 5.41) is 0. The summed E-state index contributed by atoms with van der Waals surface area (Å²) in [7, 11) is 0. The molecule has 18 heavy (non-hydrogen) atoms. The van der Waals surface area contributed by atoms with E-state index in [1.54, 1.807) is 0 Å². The maximum atomic E-state index is 12.7. The molecular formula is C16H30O2. The molecule has 0 aliphatic heterocycles. The molecule has 2 nitrogen and oxygen atoms in total. The van der Waals surface area contributed by atoms with Gasteiger partial charge in [0.25, 0.3) is 0 Å². The summed E-state index contributed by atoms with van der Waals surface area (Å²) in [4.78, 5) is 12.7. The van der Waals surface area contributed by atoms with Crippen molar-refractivity contribution in [1.29, 1.82) is 0 Å². The molecule has 1 rings (SSSR count). The molecule has 106 valence electrons. The first-order valence-corrected chi connectivity index (χ1v) is 7.85. The predicted molar refractivity (Wildman–Crippen MR) is 75.8 cm³/mol. The Balaban J connectivity index is 2.72. The first kappa shape index (κ1) is 15.7. The molecular weight excluding hydrogens is 224 g/mol. The van der Waals surface area contributed by atoms with Crippen LogP contribution in [0.15, 0.2) is 0 Å². The lowest BCUT2D eigenvalue weighted by Crippen LogP contribution is -2.42. The van der Waals surface area contributed by atoms with E-state index in [2.05, 4.69) is 13.8 Å². The summed E-state index contributed by atoms with van der Waals surface area (Å²) in [6.45, 7) is 7.04. The summed E-state index contributed by atoms with van der Waals surface area (Å²) in [5.74, 6) is 0.915. The van der Waals surface area contributed by atoms with E-state index >= 15 is 0 Å². The Bertz CT molecular complexity index is 235. The van der Waals surface area contributed by atoms with Crippen LogP contribution in [0.4, 0.5) is 0 Å². The van der Waals surface area contributed by atoms with Gasteiger partial charge in [0.2, 0.25) is 0 Å². The fourth-order valence-electron chi connectivity index (χ4n) is 3.11. The molecule has 0 unspecified atom stereocenters. The van der Waals surface area contributed by atoms with Crippen molar-refractivity contribution in [3.8, 4) is 0 Å². The topological polar surface area (TPSA) is 26.3 Å². The van der Waals surface area contributed by atoms with E-state index in [9.17, 15) is 4.79 Å². The van der Waals surface area contributed by atoms with Gasteiger partial charge in [-0.25, -0.2) is 0 Å². The van der Waals surface area contributed by atoms with Crippen molar-refractivity contribution in [2.75, 3.05) is 6.61 Å². The quantitative estimate of drug-likeness (QED) is 0.625. The standard InChI is InChI=1S/C16H30O2/c1-4-14(5-2)13-15(17)16(18-6-3)11-9-7-8-10-12-16/h14H,4-13H2,1-3H3. The normalized spacial score (nSPS) is 19.8. The van der Waals surface area contributed by atoms with Crippen LogP contribution in [0.3, 0.4) is 0 Å². The zero-order valence-corrected chi connectivity index (χ0v) is 12.5. The number of hydrogen-bond acceptors (Lipinski definition) is 2. The second-order valence-corrected chi connectivity index (χ2v) is 5.65. The third-order valence-electron chi connectivity index (χ3n) is 4.47. The van der Waals surface area contributed by atoms with Gasteiger partial charge < -0.3 is 4.74 Å². The lowest BCUT2D eigenvalue weighted by Gasteiger charge is -2.32. The van der Waals surface area contributed by atoms with E-state index in [0.717, 1.165) is 38.5 Å². The molecule has 0 radical (unpaired) electrons. The Morgan fingerprint density at radius 2 is 1.61 bits per heavy atom. The Hall–Kier alpha value is -0.370. The van der Waals surface area contributed by atoms with Gasteiger partial charge in [-0.2, -0.15) is 0 Å². The van der Waals surface area contributed by atoms with Crippen LogP contribution in [0.1, 0.15) is 78.6 Å². The number of hydrogen-bond donors (Lipinski definition) is 0. The lowest BCUT2D eigenvalue weighted by molar-refractivity contribution is -0.147. The van der Waals surface area contributed by atoms with E-state index in [-0.39, 0.29) is 0 Å². The molecule has 2 heteroatoms. The number of Topliss-reactive ketones (excluding diaryl/α,β-unsaturated/α-hetero) is 1. The molecule has 0 aromatic heterocycles. The van der Waals surface area contributed by atoms with Crippen molar-refractivity contribution >= 4 is 5.78 Å². The fourth-order valence-corrected chi connectivity index (χ4v) is 3.11. The number of rotatable bonds is 7. The molecule has 1 saturated carbocycles. The highest BCUT2D eigenvalue weighted by Gasteiger charge is 2.39. The number of ketones is 1. The smallest absolute Gasteiger partial charge is 0.164 e. The number of ether oxygens (including phenoxy) is 1. The Labute approximate surface area is 112 Å². The minimum absolute atomic E-state index is 0.375. The zero-order valence-electron chi connectivity index (χ0n) is 12.5. The first-order chi connectivity index (χ1) is 8.68. The Morgan fingerprint density at radius 1 is 1.06 bits per heavy atom. The monoisotopic (exact) mass is 254 g/mol. The van der Waals surface area contributed by atoms with Gasteiger partial charge in [-0.3, -0.25) is 4.79 Å². The minimum atomic E-state index is -0.437. The maximum Gasteiger partial charge on any atom is 0.164 e. The van der Waals surface area contributed by atoms with E-state index < -0.39 is 5.60 Å². The second kappa shape index (κ2) is 7.93. The van der Waals surface area contributed by atoms with Gasteiger partial charge in [0, 0.05) is 13.0 Å². The number of carbonyl (C=O) groups is 1. The van der Waals surface area contributed by atoms with Crippen LogP contribution in [-0.4, -0.2) is 18.0 Å². The van der Waals surface area contributed by atoms with Crippen LogP contribution in [0.5, 0.6) is 0 Å². The van der Waals surface area contributed by atoms with Crippen molar-refractivity contribution < 1.29 is 9.53 Å². The highest BCUT2D eigenvalue weighted by molar-refractivity contribution is 5.87.